The van der Waals surface area contributed by atoms with Crippen molar-refractivity contribution in [3.05, 3.63) is 12.4 Å². The third kappa shape index (κ3) is 3.11. The lowest BCUT2D eigenvalue weighted by atomic mass is 10.1. The second-order valence-electron chi connectivity index (χ2n) is 4.53. The summed E-state index contributed by atoms with van der Waals surface area (Å²) < 4.78 is 27.0. The highest BCUT2D eigenvalue weighted by Crippen LogP contribution is 2.19. The zero-order valence-electron chi connectivity index (χ0n) is 10.3. The minimum Gasteiger partial charge on any atom is -0.480 e. The quantitative estimate of drug-likeness (QED) is 0.739. The lowest BCUT2D eigenvalue weighted by Crippen LogP contribution is -2.45. The summed E-state index contributed by atoms with van der Waals surface area (Å²) in [7, 11) is -3.63. The van der Waals surface area contributed by atoms with Crippen LogP contribution in [0.4, 0.5) is 0 Å². The second-order valence-corrected chi connectivity index (χ2v) is 6.47. The Kier molecular flexibility index (Phi) is 3.88. The monoisotopic (exact) mass is 288 g/mol. The van der Waals surface area contributed by atoms with E-state index in [1.165, 1.54) is 16.7 Å². The summed E-state index contributed by atoms with van der Waals surface area (Å²) in [6, 6.07) is -0.155. The molecule has 106 valence electrons. The summed E-state index contributed by atoms with van der Waals surface area (Å²) in [5, 5.41) is 12.4. The molecule has 1 fully saturated rings. The molecule has 1 saturated heterocycles. The predicted molar refractivity (Wildman–Crippen MR) is 65.8 cm³/mol. The third-order valence-corrected chi connectivity index (χ3v) is 4.78. The number of carboxylic acid groups (broad SMARTS) is 1. The lowest BCUT2D eigenvalue weighted by molar-refractivity contribution is -0.137. The summed E-state index contributed by atoms with van der Waals surface area (Å²) >= 11 is 0. The Morgan fingerprint density at radius 2 is 2.32 bits per heavy atom. The van der Waals surface area contributed by atoms with Crippen LogP contribution < -0.4 is 5.73 Å². The zero-order chi connectivity index (χ0) is 14.0. The van der Waals surface area contributed by atoms with Crippen molar-refractivity contribution < 1.29 is 18.3 Å². The fourth-order valence-corrected chi connectivity index (χ4v) is 3.53. The van der Waals surface area contributed by atoms with Crippen LogP contribution in [0.15, 0.2) is 17.3 Å². The SMILES string of the molecule is NC1CCCN(S(=O)(=O)c2cnn(CC(=O)O)c2)C1. The van der Waals surface area contributed by atoms with Gasteiger partial charge in [-0.3, -0.25) is 9.48 Å². The Balaban J connectivity index is 2.19. The first-order chi connectivity index (χ1) is 8.89. The van der Waals surface area contributed by atoms with Gasteiger partial charge in [-0.2, -0.15) is 9.40 Å². The number of nitrogens with two attached hydrogens (primary N) is 1. The van der Waals surface area contributed by atoms with Crippen LogP contribution in [0.1, 0.15) is 12.8 Å². The van der Waals surface area contributed by atoms with E-state index < -0.39 is 16.0 Å². The van der Waals surface area contributed by atoms with Crippen LogP contribution in [0.2, 0.25) is 0 Å². The van der Waals surface area contributed by atoms with Gasteiger partial charge >= 0.3 is 5.97 Å². The van der Waals surface area contributed by atoms with Crippen molar-refractivity contribution in [3.8, 4) is 0 Å². The van der Waals surface area contributed by atoms with Gasteiger partial charge in [-0.05, 0) is 12.8 Å². The van der Waals surface area contributed by atoms with Gasteiger partial charge < -0.3 is 10.8 Å². The van der Waals surface area contributed by atoms with Crippen molar-refractivity contribution in [2.24, 2.45) is 5.73 Å². The maximum atomic E-state index is 12.3. The molecule has 3 N–H and O–H groups in total. The molecule has 0 aromatic carbocycles. The molecule has 0 spiro atoms. The average molecular weight is 288 g/mol. The van der Waals surface area contributed by atoms with Crippen molar-refractivity contribution in [1.29, 1.82) is 0 Å². The number of sulfonamides is 1. The average Bonchev–Trinajstić information content (AvgIpc) is 2.77. The van der Waals surface area contributed by atoms with Crippen LogP contribution in [-0.2, 0) is 21.4 Å². The summed E-state index contributed by atoms with van der Waals surface area (Å²) in [5.41, 5.74) is 5.77. The van der Waals surface area contributed by atoms with Crippen LogP contribution >= 0.6 is 0 Å². The van der Waals surface area contributed by atoms with Crippen LogP contribution in [0.25, 0.3) is 0 Å². The Morgan fingerprint density at radius 1 is 1.58 bits per heavy atom. The molecule has 2 heterocycles. The maximum absolute atomic E-state index is 12.3. The van der Waals surface area contributed by atoms with Gasteiger partial charge in [-0.1, -0.05) is 0 Å². The Bertz CT molecular complexity index is 568. The van der Waals surface area contributed by atoms with Gasteiger partial charge in [0.15, 0.2) is 0 Å². The van der Waals surface area contributed by atoms with Crippen LogP contribution in [0.3, 0.4) is 0 Å². The fourth-order valence-electron chi connectivity index (χ4n) is 2.04. The number of aliphatic carboxylic acids is 1. The van der Waals surface area contributed by atoms with Gasteiger partial charge in [0.05, 0.1) is 6.20 Å². The Hall–Kier alpha value is -1.45. The van der Waals surface area contributed by atoms with Gasteiger partial charge in [-0.15, -0.1) is 0 Å². The van der Waals surface area contributed by atoms with Crippen LogP contribution in [0.5, 0.6) is 0 Å². The summed E-state index contributed by atoms with van der Waals surface area (Å²) in [4.78, 5) is 10.5. The number of aromatic nitrogens is 2. The fraction of sp³-hybridized carbons (Fsp3) is 0.600. The number of carboxylic acids is 1. The van der Waals surface area contributed by atoms with Gasteiger partial charge in [0, 0.05) is 25.3 Å². The van der Waals surface area contributed by atoms with Crippen molar-refractivity contribution in [1.82, 2.24) is 14.1 Å². The van der Waals surface area contributed by atoms with Crippen LogP contribution in [0, 0.1) is 0 Å². The van der Waals surface area contributed by atoms with E-state index in [2.05, 4.69) is 5.10 Å². The van der Waals surface area contributed by atoms with Gasteiger partial charge in [0.25, 0.3) is 0 Å². The normalized spacial score (nSPS) is 21.4. The number of rotatable bonds is 4. The summed E-state index contributed by atoms with van der Waals surface area (Å²) in [6.45, 7) is 0.349. The molecule has 1 atom stereocenters. The lowest BCUT2D eigenvalue weighted by Gasteiger charge is -2.29. The standard InChI is InChI=1S/C10H16N4O4S/c11-8-2-1-3-14(5-8)19(17,18)9-4-12-13(6-9)7-10(15)16/h4,6,8H,1-3,5,7,11H2,(H,15,16). The molecule has 1 aliphatic rings. The topological polar surface area (TPSA) is 119 Å². The third-order valence-electron chi connectivity index (χ3n) is 2.97. The molecule has 1 aliphatic heterocycles. The van der Waals surface area contributed by atoms with E-state index in [0.717, 1.165) is 17.5 Å². The number of piperidine rings is 1. The minimum absolute atomic E-state index is 0.00264. The maximum Gasteiger partial charge on any atom is 0.325 e. The molecule has 19 heavy (non-hydrogen) atoms. The van der Waals surface area contributed by atoms with E-state index in [9.17, 15) is 13.2 Å². The van der Waals surface area contributed by atoms with Crippen LogP contribution in [-0.4, -0.2) is 52.7 Å². The van der Waals surface area contributed by atoms with Crippen molar-refractivity contribution >= 4 is 16.0 Å². The number of hydrogen-bond donors (Lipinski definition) is 2. The highest BCUT2D eigenvalue weighted by atomic mass is 32.2. The summed E-state index contributed by atoms with van der Waals surface area (Å²) in [5.74, 6) is -1.08. The Labute approximate surface area is 110 Å². The smallest absolute Gasteiger partial charge is 0.325 e. The molecule has 0 radical (unpaired) electrons. The molecule has 8 nitrogen and oxygen atoms in total. The molecule has 1 aromatic heterocycles. The van der Waals surface area contributed by atoms with E-state index in [1.807, 2.05) is 0 Å². The Morgan fingerprint density at radius 3 is 2.95 bits per heavy atom. The van der Waals surface area contributed by atoms with Gasteiger partial charge in [-0.25, -0.2) is 8.42 Å². The molecule has 0 saturated carbocycles. The molecule has 1 aromatic rings. The van der Waals surface area contributed by atoms with E-state index >= 15 is 0 Å². The molecule has 9 heteroatoms. The van der Waals surface area contributed by atoms with Gasteiger partial charge in [0.1, 0.15) is 11.4 Å². The second kappa shape index (κ2) is 5.27. The number of nitrogens with zero attached hydrogens (tertiary/aromatic N) is 3. The first kappa shape index (κ1) is 14.0. The summed E-state index contributed by atoms with van der Waals surface area (Å²) in [6.07, 6.45) is 3.93. The highest BCUT2D eigenvalue weighted by molar-refractivity contribution is 7.89. The van der Waals surface area contributed by atoms with Gasteiger partial charge in [0.2, 0.25) is 10.0 Å². The van der Waals surface area contributed by atoms with E-state index in [0.29, 0.717) is 6.54 Å². The van der Waals surface area contributed by atoms with Crippen molar-refractivity contribution in [2.45, 2.75) is 30.3 Å². The molecule has 0 amide bonds. The van der Waals surface area contributed by atoms with E-state index in [4.69, 9.17) is 10.8 Å². The molecule has 0 bridgehead atoms. The first-order valence-corrected chi connectivity index (χ1v) is 7.33. The predicted octanol–water partition coefficient (Wildman–Crippen LogP) is -0.920. The molecular weight excluding hydrogens is 272 g/mol. The largest absolute Gasteiger partial charge is 0.480 e. The van der Waals surface area contributed by atoms with Crippen molar-refractivity contribution in [2.75, 3.05) is 13.1 Å². The highest BCUT2D eigenvalue weighted by Gasteiger charge is 2.29. The van der Waals surface area contributed by atoms with E-state index in [1.54, 1.807) is 0 Å². The molecular formula is C10H16N4O4S. The van der Waals surface area contributed by atoms with E-state index in [-0.39, 0.29) is 24.0 Å². The number of hydrogen-bond acceptors (Lipinski definition) is 5. The molecule has 2 rings (SSSR count). The van der Waals surface area contributed by atoms with Crippen molar-refractivity contribution in [3.63, 3.8) is 0 Å². The molecule has 1 unspecified atom stereocenters. The zero-order valence-corrected chi connectivity index (χ0v) is 11.1. The number of carbonyl (C=O) groups is 1. The first-order valence-electron chi connectivity index (χ1n) is 5.89. The minimum atomic E-state index is -3.63. The molecule has 0 aliphatic carbocycles.